The third-order valence-electron chi connectivity index (χ3n) is 4.22. The van der Waals surface area contributed by atoms with Gasteiger partial charge in [0.1, 0.15) is 5.25 Å². The highest BCUT2D eigenvalue weighted by Gasteiger charge is 2.30. The van der Waals surface area contributed by atoms with Crippen molar-refractivity contribution in [3.8, 4) is 0 Å². The molecular weight excluding hydrogens is 344 g/mol. The molecule has 1 aromatic carbocycles. The Kier molecular flexibility index (Phi) is 6.71. The van der Waals surface area contributed by atoms with Gasteiger partial charge in [-0.1, -0.05) is 12.1 Å². The molecule has 1 N–H and O–H groups in total. The summed E-state index contributed by atoms with van der Waals surface area (Å²) in [6.45, 7) is 7.63. The monoisotopic (exact) mass is 370 g/mol. The zero-order valence-corrected chi connectivity index (χ0v) is 16.1. The minimum Gasteiger partial charge on any atom is -0.325 e. The Bertz CT molecular complexity index is 668. The Balaban J connectivity index is 2.02. The van der Waals surface area contributed by atoms with E-state index in [1.54, 1.807) is 19.9 Å². The number of anilines is 1. The molecule has 134 valence electrons. The lowest BCUT2D eigenvalue weighted by molar-refractivity contribution is -0.115. The Morgan fingerprint density at radius 2 is 1.92 bits per heavy atom. The topological polar surface area (TPSA) is 66.5 Å². The number of hydrogen-bond acceptors (Lipinski definition) is 5. The number of benzene rings is 1. The average molecular weight is 371 g/mol. The fraction of sp³-hybridized carbons (Fsp3) is 0.588. The van der Waals surface area contributed by atoms with Gasteiger partial charge in [0.2, 0.25) is 5.91 Å². The van der Waals surface area contributed by atoms with Gasteiger partial charge in [0, 0.05) is 36.8 Å². The summed E-state index contributed by atoms with van der Waals surface area (Å²) in [6, 6.07) is 7.65. The van der Waals surface area contributed by atoms with Gasteiger partial charge in [0.15, 0.2) is 9.84 Å². The van der Waals surface area contributed by atoms with Gasteiger partial charge in [0.05, 0.1) is 5.25 Å². The summed E-state index contributed by atoms with van der Waals surface area (Å²) >= 11 is 1.97. The maximum atomic E-state index is 12.3. The molecule has 0 aromatic heterocycles. The molecule has 0 spiro atoms. The van der Waals surface area contributed by atoms with E-state index in [9.17, 15) is 13.2 Å². The van der Waals surface area contributed by atoms with E-state index in [-0.39, 0.29) is 0 Å². The van der Waals surface area contributed by atoms with Crippen molar-refractivity contribution in [2.75, 3.05) is 29.9 Å². The molecule has 1 aliphatic heterocycles. The fourth-order valence-corrected chi connectivity index (χ4v) is 4.72. The molecule has 1 fully saturated rings. The van der Waals surface area contributed by atoms with Gasteiger partial charge in [-0.05, 0) is 38.5 Å². The predicted molar refractivity (Wildman–Crippen MR) is 101 cm³/mol. The van der Waals surface area contributed by atoms with Gasteiger partial charge >= 0.3 is 0 Å². The van der Waals surface area contributed by atoms with Crippen molar-refractivity contribution in [1.82, 2.24) is 4.90 Å². The van der Waals surface area contributed by atoms with Gasteiger partial charge in [-0.15, -0.1) is 0 Å². The molecule has 1 unspecified atom stereocenters. The SMILES string of the molecule is CC(C)S(=O)(=O)C(C)C(=O)Nc1cccc(CN2CCSCC2)c1. The van der Waals surface area contributed by atoms with Crippen molar-refractivity contribution in [3.63, 3.8) is 0 Å². The summed E-state index contributed by atoms with van der Waals surface area (Å²) in [5.74, 6) is 1.83. The van der Waals surface area contributed by atoms with Crippen LogP contribution in [-0.2, 0) is 21.2 Å². The molecular formula is C17H26N2O3S2. The van der Waals surface area contributed by atoms with Crippen LogP contribution in [0.2, 0.25) is 0 Å². The van der Waals surface area contributed by atoms with E-state index in [2.05, 4.69) is 10.2 Å². The molecule has 1 aliphatic rings. The van der Waals surface area contributed by atoms with E-state index in [1.807, 2.05) is 30.0 Å². The molecule has 0 radical (unpaired) electrons. The molecule has 0 saturated carbocycles. The second kappa shape index (κ2) is 8.36. The summed E-state index contributed by atoms with van der Waals surface area (Å²) in [5, 5.41) is 1.12. The molecule has 2 rings (SSSR count). The Labute approximate surface area is 149 Å². The van der Waals surface area contributed by atoms with Crippen LogP contribution in [0.25, 0.3) is 0 Å². The van der Waals surface area contributed by atoms with Crippen LogP contribution in [0.3, 0.4) is 0 Å². The summed E-state index contributed by atoms with van der Waals surface area (Å²) in [7, 11) is -3.45. The number of sulfone groups is 1. The highest BCUT2D eigenvalue weighted by Crippen LogP contribution is 2.17. The standard InChI is InChI=1S/C17H26N2O3S2/c1-13(2)24(21,22)14(3)17(20)18-16-6-4-5-15(11-16)12-19-7-9-23-10-8-19/h4-6,11,13-14H,7-10,12H2,1-3H3,(H,18,20). The minimum absolute atomic E-state index is 0.477. The first-order chi connectivity index (χ1) is 11.3. The Morgan fingerprint density at radius 1 is 1.25 bits per heavy atom. The van der Waals surface area contributed by atoms with Gasteiger partial charge < -0.3 is 5.32 Å². The Hall–Kier alpha value is -1.05. The normalized spacial score (nSPS) is 17.7. The van der Waals surface area contributed by atoms with Gasteiger partial charge in [-0.3, -0.25) is 9.69 Å². The van der Waals surface area contributed by atoms with Crippen LogP contribution >= 0.6 is 11.8 Å². The molecule has 1 heterocycles. The van der Waals surface area contributed by atoms with E-state index in [0.29, 0.717) is 5.69 Å². The van der Waals surface area contributed by atoms with Gasteiger partial charge in [0.25, 0.3) is 0 Å². The number of thioether (sulfide) groups is 1. The van der Waals surface area contributed by atoms with Gasteiger partial charge in [-0.2, -0.15) is 11.8 Å². The minimum atomic E-state index is -3.45. The smallest absolute Gasteiger partial charge is 0.242 e. The number of nitrogens with one attached hydrogen (secondary N) is 1. The molecule has 7 heteroatoms. The van der Waals surface area contributed by atoms with Crippen molar-refractivity contribution < 1.29 is 13.2 Å². The summed E-state index contributed by atoms with van der Waals surface area (Å²) in [6.07, 6.45) is 0. The van der Waals surface area contributed by atoms with Crippen LogP contribution < -0.4 is 5.32 Å². The molecule has 0 aliphatic carbocycles. The van der Waals surface area contributed by atoms with E-state index < -0.39 is 26.2 Å². The van der Waals surface area contributed by atoms with Gasteiger partial charge in [-0.25, -0.2) is 8.42 Å². The summed E-state index contributed by atoms with van der Waals surface area (Å²) in [4.78, 5) is 14.7. The maximum Gasteiger partial charge on any atom is 0.242 e. The van der Waals surface area contributed by atoms with E-state index in [4.69, 9.17) is 0 Å². The average Bonchev–Trinajstić information content (AvgIpc) is 2.55. The van der Waals surface area contributed by atoms with Crippen molar-refractivity contribution in [2.24, 2.45) is 0 Å². The lowest BCUT2D eigenvalue weighted by Crippen LogP contribution is -2.36. The number of carbonyl (C=O) groups is 1. The lowest BCUT2D eigenvalue weighted by atomic mass is 10.2. The zero-order chi connectivity index (χ0) is 17.7. The molecule has 0 bridgehead atoms. The van der Waals surface area contributed by atoms with Crippen LogP contribution in [0, 0.1) is 0 Å². The molecule has 1 amide bonds. The predicted octanol–water partition coefficient (Wildman–Crippen LogP) is 2.39. The fourth-order valence-electron chi connectivity index (χ4n) is 2.57. The van der Waals surface area contributed by atoms with Crippen LogP contribution in [0.15, 0.2) is 24.3 Å². The Morgan fingerprint density at radius 3 is 2.54 bits per heavy atom. The number of amides is 1. The van der Waals surface area contributed by atoms with Crippen molar-refractivity contribution in [2.45, 2.75) is 37.8 Å². The first kappa shape index (κ1) is 19.3. The molecule has 5 nitrogen and oxygen atoms in total. The lowest BCUT2D eigenvalue weighted by Gasteiger charge is -2.26. The third-order valence-corrected chi connectivity index (χ3v) is 7.68. The van der Waals surface area contributed by atoms with Crippen molar-refractivity contribution in [1.29, 1.82) is 0 Å². The third kappa shape index (κ3) is 4.97. The highest BCUT2D eigenvalue weighted by atomic mass is 32.2. The highest BCUT2D eigenvalue weighted by molar-refractivity contribution is 7.99. The van der Waals surface area contributed by atoms with Crippen molar-refractivity contribution in [3.05, 3.63) is 29.8 Å². The van der Waals surface area contributed by atoms with E-state index in [1.165, 1.54) is 6.92 Å². The number of hydrogen-bond donors (Lipinski definition) is 1. The summed E-state index contributed by atoms with van der Waals surface area (Å²) < 4.78 is 24.2. The quantitative estimate of drug-likeness (QED) is 0.833. The van der Waals surface area contributed by atoms with Crippen LogP contribution in [0.5, 0.6) is 0 Å². The van der Waals surface area contributed by atoms with Crippen molar-refractivity contribution >= 4 is 33.2 Å². The number of carbonyl (C=O) groups excluding carboxylic acids is 1. The number of rotatable bonds is 6. The largest absolute Gasteiger partial charge is 0.325 e. The maximum absolute atomic E-state index is 12.3. The van der Waals surface area contributed by atoms with E-state index >= 15 is 0 Å². The zero-order valence-electron chi connectivity index (χ0n) is 14.5. The van der Waals surface area contributed by atoms with Crippen LogP contribution in [0.1, 0.15) is 26.3 Å². The molecule has 1 atom stereocenters. The van der Waals surface area contributed by atoms with E-state index in [0.717, 1.165) is 36.7 Å². The second-order valence-corrected chi connectivity index (χ2v) is 10.4. The summed E-state index contributed by atoms with van der Waals surface area (Å²) in [5.41, 5.74) is 1.77. The first-order valence-corrected chi connectivity index (χ1v) is 11.0. The molecule has 24 heavy (non-hydrogen) atoms. The second-order valence-electron chi connectivity index (χ2n) is 6.36. The number of nitrogens with zero attached hydrogens (tertiary/aromatic N) is 1. The van der Waals surface area contributed by atoms with Crippen LogP contribution in [-0.4, -0.2) is 54.3 Å². The molecule has 1 saturated heterocycles. The first-order valence-electron chi connectivity index (χ1n) is 8.23. The molecule has 1 aromatic rings. The van der Waals surface area contributed by atoms with Crippen LogP contribution in [0.4, 0.5) is 5.69 Å².